The van der Waals surface area contributed by atoms with Crippen molar-refractivity contribution in [2.45, 2.75) is 27.3 Å². The fourth-order valence-corrected chi connectivity index (χ4v) is 1.67. The number of benzene rings is 1. The number of aromatic amines is 1. The molecule has 0 spiro atoms. The first-order chi connectivity index (χ1) is 8.06. The summed E-state index contributed by atoms with van der Waals surface area (Å²) in [4.78, 5) is 7.55. The van der Waals surface area contributed by atoms with Gasteiger partial charge in [0.1, 0.15) is 11.6 Å². The quantitative estimate of drug-likeness (QED) is 0.855. The predicted octanol–water partition coefficient (Wildman–Crippen LogP) is 3.09. The molecule has 0 radical (unpaired) electrons. The number of aromatic nitrogens is 2. The topological polar surface area (TPSA) is 40.7 Å². The van der Waals surface area contributed by atoms with E-state index >= 15 is 0 Å². The van der Waals surface area contributed by atoms with Gasteiger partial charge in [-0.25, -0.2) is 9.37 Å². The first-order valence-electron chi connectivity index (χ1n) is 5.58. The molecule has 0 atom stereocenters. The highest BCUT2D eigenvalue weighted by Crippen LogP contribution is 2.16. The Labute approximate surface area is 100 Å². The zero-order valence-corrected chi connectivity index (χ0v) is 10.3. The van der Waals surface area contributed by atoms with E-state index in [1.807, 2.05) is 20.8 Å². The Kier molecular flexibility index (Phi) is 3.13. The van der Waals surface area contributed by atoms with Gasteiger partial charge >= 0.3 is 0 Å². The van der Waals surface area contributed by atoms with Crippen LogP contribution in [0.2, 0.25) is 0 Å². The molecule has 1 heterocycles. The van der Waals surface area contributed by atoms with Crippen LogP contribution in [0, 0.1) is 26.6 Å². The maximum atomic E-state index is 13.1. The van der Waals surface area contributed by atoms with Crippen molar-refractivity contribution in [1.29, 1.82) is 0 Å². The Balaban J connectivity index is 2.09. The number of anilines is 1. The lowest BCUT2D eigenvalue weighted by molar-refractivity contribution is 0.627. The maximum absolute atomic E-state index is 13.1. The minimum Gasteiger partial charge on any atom is -0.378 e. The molecular weight excluding hydrogens is 217 g/mol. The molecular formula is C13H16FN3. The van der Waals surface area contributed by atoms with Gasteiger partial charge in [-0.05, 0) is 38.5 Å². The Morgan fingerprint density at radius 2 is 2.06 bits per heavy atom. The van der Waals surface area contributed by atoms with Crippen LogP contribution in [0.25, 0.3) is 0 Å². The molecule has 2 rings (SSSR count). The lowest BCUT2D eigenvalue weighted by Gasteiger charge is -2.07. The van der Waals surface area contributed by atoms with Crippen LogP contribution >= 0.6 is 0 Å². The molecule has 2 N–H and O–H groups in total. The number of halogens is 1. The molecule has 0 aliphatic rings. The fourth-order valence-electron chi connectivity index (χ4n) is 1.67. The number of nitrogens with zero attached hydrogens (tertiary/aromatic N) is 1. The van der Waals surface area contributed by atoms with E-state index in [4.69, 9.17) is 0 Å². The SMILES string of the molecule is Cc1ccc(F)cc1NCc1nc(C)c(C)[nH]1. The Morgan fingerprint density at radius 3 is 2.71 bits per heavy atom. The van der Waals surface area contributed by atoms with Crippen molar-refractivity contribution in [2.24, 2.45) is 0 Å². The van der Waals surface area contributed by atoms with E-state index < -0.39 is 0 Å². The van der Waals surface area contributed by atoms with Crippen LogP contribution in [0.1, 0.15) is 22.8 Å². The van der Waals surface area contributed by atoms with Crippen LogP contribution in [0.4, 0.5) is 10.1 Å². The number of H-pyrrole nitrogens is 1. The van der Waals surface area contributed by atoms with Gasteiger partial charge in [0, 0.05) is 11.4 Å². The van der Waals surface area contributed by atoms with Gasteiger partial charge in [-0.1, -0.05) is 6.07 Å². The predicted molar refractivity (Wildman–Crippen MR) is 66.5 cm³/mol. The molecule has 90 valence electrons. The normalized spacial score (nSPS) is 10.6. The molecule has 1 aromatic carbocycles. The van der Waals surface area contributed by atoms with Gasteiger partial charge in [0.2, 0.25) is 0 Å². The summed E-state index contributed by atoms with van der Waals surface area (Å²) in [5.74, 6) is 0.633. The molecule has 2 aromatic rings. The van der Waals surface area contributed by atoms with Crippen molar-refractivity contribution in [3.63, 3.8) is 0 Å². The summed E-state index contributed by atoms with van der Waals surface area (Å²) in [7, 11) is 0. The molecule has 4 heteroatoms. The van der Waals surface area contributed by atoms with Crippen molar-refractivity contribution in [2.75, 3.05) is 5.32 Å². The van der Waals surface area contributed by atoms with E-state index in [2.05, 4.69) is 15.3 Å². The average Bonchev–Trinajstić information content (AvgIpc) is 2.60. The van der Waals surface area contributed by atoms with E-state index in [0.29, 0.717) is 6.54 Å². The van der Waals surface area contributed by atoms with E-state index in [1.54, 1.807) is 6.07 Å². The van der Waals surface area contributed by atoms with Gasteiger partial charge in [0.25, 0.3) is 0 Å². The number of nitrogens with one attached hydrogen (secondary N) is 2. The van der Waals surface area contributed by atoms with Crippen molar-refractivity contribution in [3.8, 4) is 0 Å². The number of aryl methyl sites for hydroxylation is 3. The molecule has 0 unspecified atom stereocenters. The molecule has 0 saturated carbocycles. The lowest BCUT2D eigenvalue weighted by Crippen LogP contribution is -2.03. The number of imidazole rings is 1. The maximum Gasteiger partial charge on any atom is 0.125 e. The third-order valence-electron chi connectivity index (χ3n) is 2.82. The first-order valence-corrected chi connectivity index (χ1v) is 5.58. The largest absolute Gasteiger partial charge is 0.378 e. The summed E-state index contributed by atoms with van der Waals surface area (Å²) in [6.07, 6.45) is 0. The van der Waals surface area contributed by atoms with E-state index in [9.17, 15) is 4.39 Å². The second kappa shape index (κ2) is 4.57. The third kappa shape index (κ3) is 2.64. The molecule has 1 aromatic heterocycles. The third-order valence-corrected chi connectivity index (χ3v) is 2.82. The van der Waals surface area contributed by atoms with Crippen LogP contribution < -0.4 is 5.32 Å². The van der Waals surface area contributed by atoms with Crippen LogP contribution in [-0.4, -0.2) is 9.97 Å². The minimum atomic E-state index is -0.232. The van der Waals surface area contributed by atoms with Crippen LogP contribution in [0.5, 0.6) is 0 Å². The number of rotatable bonds is 3. The average molecular weight is 233 g/mol. The van der Waals surface area contributed by atoms with Gasteiger partial charge < -0.3 is 10.3 Å². The Morgan fingerprint density at radius 1 is 1.29 bits per heavy atom. The molecule has 0 aliphatic carbocycles. The summed E-state index contributed by atoms with van der Waals surface area (Å²) < 4.78 is 13.1. The summed E-state index contributed by atoms with van der Waals surface area (Å²) in [6.45, 7) is 6.46. The van der Waals surface area contributed by atoms with Crippen LogP contribution in [-0.2, 0) is 6.54 Å². The second-order valence-electron chi connectivity index (χ2n) is 4.21. The summed E-state index contributed by atoms with van der Waals surface area (Å²) in [6, 6.07) is 4.72. The second-order valence-corrected chi connectivity index (χ2v) is 4.21. The summed E-state index contributed by atoms with van der Waals surface area (Å²) in [5, 5.41) is 3.18. The number of hydrogen-bond acceptors (Lipinski definition) is 2. The molecule has 0 saturated heterocycles. The van der Waals surface area contributed by atoms with Gasteiger partial charge in [-0.3, -0.25) is 0 Å². The zero-order chi connectivity index (χ0) is 12.4. The van der Waals surface area contributed by atoms with Crippen molar-refractivity contribution in [1.82, 2.24) is 9.97 Å². The van der Waals surface area contributed by atoms with E-state index in [-0.39, 0.29) is 5.82 Å². The highest BCUT2D eigenvalue weighted by Gasteiger charge is 2.04. The van der Waals surface area contributed by atoms with Crippen LogP contribution in [0.3, 0.4) is 0 Å². The van der Waals surface area contributed by atoms with Gasteiger partial charge in [0.15, 0.2) is 0 Å². The minimum absolute atomic E-state index is 0.232. The lowest BCUT2D eigenvalue weighted by atomic mass is 10.2. The van der Waals surface area contributed by atoms with Crippen molar-refractivity contribution >= 4 is 5.69 Å². The van der Waals surface area contributed by atoms with Gasteiger partial charge in [-0.2, -0.15) is 0 Å². The van der Waals surface area contributed by atoms with E-state index in [0.717, 1.165) is 28.5 Å². The van der Waals surface area contributed by atoms with Gasteiger partial charge in [0.05, 0.1) is 12.2 Å². The first kappa shape index (κ1) is 11.6. The Hall–Kier alpha value is -1.84. The monoisotopic (exact) mass is 233 g/mol. The van der Waals surface area contributed by atoms with Gasteiger partial charge in [-0.15, -0.1) is 0 Å². The summed E-state index contributed by atoms with van der Waals surface area (Å²) >= 11 is 0. The molecule has 17 heavy (non-hydrogen) atoms. The van der Waals surface area contributed by atoms with E-state index in [1.165, 1.54) is 12.1 Å². The molecule has 3 nitrogen and oxygen atoms in total. The van der Waals surface area contributed by atoms with Crippen molar-refractivity contribution < 1.29 is 4.39 Å². The molecule has 0 aliphatic heterocycles. The fraction of sp³-hybridized carbons (Fsp3) is 0.308. The smallest absolute Gasteiger partial charge is 0.125 e. The highest BCUT2D eigenvalue weighted by atomic mass is 19.1. The molecule has 0 amide bonds. The highest BCUT2D eigenvalue weighted by molar-refractivity contribution is 5.50. The van der Waals surface area contributed by atoms with Crippen LogP contribution in [0.15, 0.2) is 18.2 Å². The standard InChI is InChI=1S/C13H16FN3/c1-8-4-5-11(14)6-12(8)15-7-13-16-9(2)10(3)17-13/h4-6,15H,7H2,1-3H3,(H,16,17). The van der Waals surface area contributed by atoms with Crippen molar-refractivity contribution in [3.05, 3.63) is 46.8 Å². The molecule has 0 bridgehead atoms. The Bertz CT molecular complexity index is 512. The summed E-state index contributed by atoms with van der Waals surface area (Å²) in [5.41, 5.74) is 3.89. The zero-order valence-electron chi connectivity index (χ0n) is 10.3. The molecule has 0 fully saturated rings. The number of hydrogen-bond donors (Lipinski definition) is 2.